The van der Waals surface area contributed by atoms with Crippen LogP contribution in [0.2, 0.25) is 0 Å². The van der Waals surface area contributed by atoms with Gasteiger partial charge in [0.05, 0.1) is 11.3 Å². The van der Waals surface area contributed by atoms with Crippen LogP contribution in [0.5, 0.6) is 0 Å². The lowest BCUT2D eigenvalue weighted by atomic mass is 10.0. The minimum atomic E-state index is -4.62. The number of fused-ring (bicyclic) bond motifs is 1. The number of aromatic nitrogens is 3. The standard InChI is InChI=1S/C24H22F3N5O2/c1-12-9-17(31-23(34)21(33)15-5-4-6-16(10-15)24(25,26)27)7-8-18(12)19-20-22(28)29-13(2)11-32(20)14(3)30-19/h4-11,21,33H,1-3H3,(H2,28,29)(H,31,34)/t21-/m0/s1/i3D3. The van der Waals surface area contributed by atoms with Gasteiger partial charge in [-0.3, -0.25) is 9.20 Å². The Kier molecular flexibility index (Phi) is 4.86. The number of amides is 1. The van der Waals surface area contributed by atoms with E-state index in [1.54, 1.807) is 26.0 Å². The van der Waals surface area contributed by atoms with Crippen LogP contribution in [-0.4, -0.2) is 25.4 Å². The van der Waals surface area contributed by atoms with E-state index >= 15 is 0 Å². The quantitative estimate of drug-likeness (QED) is 0.403. The average Bonchev–Trinajstić information content (AvgIpc) is 3.18. The summed E-state index contributed by atoms with van der Waals surface area (Å²) in [5, 5.41) is 12.8. The summed E-state index contributed by atoms with van der Waals surface area (Å²) in [5.74, 6) is -1.01. The fourth-order valence-corrected chi connectivity index (χ4v) is 3.70. The number of halogens is 3. The molecule has 0 aliphatic carbocycles. The number of rotatable bonds is 4. The molecule has 176 valence electrons. The number of anilines is 2. The Balaban J connectivity index is 1.66. The molecule has 4 aromatic rings. The summed E-state index contributed by atoms with van der Waals surface area (Å²) >= 11 is 0. The van der Waals surface area contributed by atoms with Gasteiger partial charge in [-0.15, -0.1) is 0 Å². The number of nitrogen functional groups attached to an aromatic ring is 1. The van der Waals surface area contributed by atoms with E-state index in [9.17, 15) is 23.1 Å². The van der Waals surface area contributed by atoms with Crippen molar-refractivity contribution in [3.8, 4) is 11.3 Å². The van der Waals surface area contributed by atoms with E-state index in [2.05, 4.69) is 15.3 Å². The van der Waals surface area contributed by atoms with Crippen molar-refractivity contribution < 1.29 is 27.2 Å². The van der Waals surface area contributed by atoms with Gasteiger partial charge in [0.25, 0.3) is 5.91 Å². The van der Waals surface area contributed by atoms with Crippen molar-refractivity contribution in [3.63, 3.8) is 0 Å². The second-order valence-electron chi connectivity index (χ2n) is 7.81. The molecule has 0 saturated carbocycles. The van der Waals surface area contributed by atoms with Crippen LogP contribution in [0.15, 0.2) is 48.7 Å². The summed E-state index contributed by atoms with van der Waals surface area (Å²) < 4.78 is 63.9. The van der Waals surface area contributed by atoms with E-state index in [0.717, 1.165) is 12.1 Å². The van der Waals surface area contributed by atoms with Gasteiger partial charge in [-0.05, 0) is 56.1 Å². The third-order valence-corrected chi connectivity index (χ3v) is 5.29. The topological polar surface area (TPSA) is 106 Å². The Morgan fingerprint density at radius 1 is 1.21 bits per heavy atom. The summed E-state index contributed by atoms with van der Waals surface area (Å²) in [4.78, 5) is 21.1. The van der Waals surface area contributed by atoms with Gasteiger partial charge >= 0.3 is 6.18 Å². The number of nitrogens with two attached hydrogens (primary N) is 1. The van der Waals surface area contributed by atoms with Crippen LogP contribution in [0.3, 0.4) is 0 Å². The van der Waals surface area contributed by atoms with Gasteiger partial charge in [0.2, 0.25) is 0 Å². The number of hydrogen-bond donors (Lipinski definition) is 3. The van der Waals surface area contributed by atoms with E-state index in [1.165, 1.54) is 22.7 Å². The van der Waals surface area contributed by atoms with Crippen molar-refractivity contribution in [2.75, 3.05) is 11.1 Å². The number of carbonyl (C=O) groups is 1. The Hall–Kier alpha value is -3.92. The van der Waals surface area contributed by atoms with Crippen LogP contribution in [0.25, 0.3) is 16.8 Å². The number of imidazole rings is 1. The lowest BCUT2D eigenvalue weighted by molar-refractivity contribution is -0.138. The molecule has 0 saturated heterocycles. The number of aliphatic hydroxyl groups is 1. The molecular formula is C24H22F3N5O2. The van der Waals surface area contributed by atoms with Crippen LogP contribution in [0.1, 0.15) is 38.4 Å². The van der Waals surface area contributed by atoms with Crippen molar-refractivity contribution >= 4 is 22.9 Å². The lowest BCUT2D eigenvalue weighted by Crippen LogP contribution is -2.21. The first-order valence-corrected chi connectivity index (χ1v) is 10.1. The highest BCUT2D eigenvalue weighted by atomic mass is 19.4. The number of nitrogens with zero attached hydrogens (tertiary/aromatic N) is 3. The van der Waals surface area contributed by atoms with Crippen LogP contribution in [-0.2, 0) is 11.0 Å². The molecular weight excluding hydrogens is 447 g/mol. The minimum Gasteiger partial charge on any atom is -0.382 e. The maximum atomic E-state index is 13.0. The molecule has 2 aromatic heterocycles. The second kappa shape index (κ2) is 8.45. The van der Waals surface area contributed by atoms with Crippen LogP contribution in [0, 0.1) is 20.7 Å². The molecule has 2 aromatic carbocycles. The SMILES string of the molecule is [2H]C([2H])([2H])c1nc(-c2ccc(NC(=O)[C@@H](O)c3cccc(C(F)(F)F)c3)cc2C)c2c(N)nc(C)cn12. The first kappa shape index (κ1) is 19.5. The third-order valence-electron chi connectivity index (χ3n) is 5.29. The molecule has 7 nitrogen and oxygen atoms in total. The van der Waals surface area contributed by atoms with Gasteiger partial charge in [-0.2, -0.15) is 13.2 Å². The van der Waals surface area contributed by atoms with Gasteiger partial charge in [0.15, 0.2) is 6.10 Å². The minimum absolute atomic E-state index is 0.0963. The molecule has 0 aliphatic rings. The molecule has 1 atom stereocenters. The number of aryl methyl sites for hydroxylation is 3. The normalized spacial score (nSPS) is 14.4. The fourth-order valence-electron chi connectivity index (χ4n) is 3.70. The van der Waals surface area contributed by atoms with E-state index in [1.807, 2.05) is 0 Å². The number of aliphatic hydroxyl groups excluding tert-OH is 1. The van der Waals surface area contributed by atoms with Crippen LogP contribution >= 0.6 is 0 Å². The summed E-state index contributed by atoms with van der Waals surface area (Å²) in [7, 11) is 0. The predicted molar refractivity (Wildman–Crippen MR) is 122 cm³/mol. The maximum absolute atomic E-state index is 13.0. The Bertz CT molecular complexity index is 1520. The zero-order valence-corrected chi connectivity index (χ0v) is 18.1. The molecule has 0 bridgehead atoms. The van der Waals surface area contributed by atoms with Crippen molar-refractivity contribution in [3.05, 3.63) is 76.9 Å². The number of carbonyl (C=O) groups excluding carboxylic acids is 1. The first-order valence-electron chi connectivity index (χ1n) is 11.6. The highest BCUT2D eigenvalue weighted by Crippen LogP contribution is 2.33. The summed E-state index contributed by atoms with van der Waals surface area (Å²) in [5.41, 5.74) is 7.41. The fraction of sp³-hybridized carbons (Fsp3) is 0.208. The molecule has 2 heterocycles. The monoisotopic (exact) mass is 472 g/mol. The van der Waals surface area contributed by atoms with Gasteiger partial charge in [0.1, 0.15) is 22.9 Å². The molecule has 0 aliphatic heterocycles. The first-order chi connectivity index (χ1) is 17.2. The number of nitrogens with one attached hydrogen (secondary N) is 1. The molecule has 4 N–H and O–H groups in total. The summed E-state index contributed by atoms with van der Waals surface area (Å²) in [6, 6.07) is 8.54. The van der Waals surface area contributed by atoms with Gasteiger partial charge in [0, 0.05) is 21.6 Å². The molecule has 4 rings (SSSR count). The lowest BCUT2D eigenvalue weighted by Gasteiger charge is -2.15. The smallest absolute Gasteiger partial charge is 0.382 e. The molecule has 34 heavy (non-hydrogen) atoms. The van der Waals surface area contributed by atoms with Gasteiger partial charge in [-0.1, -0.05) is 18.2 Å². The highest BCUT2D eigenvalue weighted by molar-refractivity contribution is 5.95. The molecule has 1 amide bonds. The van der Waals surface area contributed by atoms with Crippen LogP contribution < -0.4 is 11.1 Å². The highest BCUT2D eigenvalue weighted by Gasteiger charge is 2.31. The van der Waals surface area contributed by atoms with E-state index in [0.29, 0.717) is 28.4 Å². The zero-order chi connectivity index (χ0) is 27.3. The Labute approximate surface area is 197 Å². The number of alkyl halides is 3. The van der Waals surface area contributed by atoms with Crippen LogP contribution in [0.4, 0.5) is 24.7 Å². The molecule has 0 unspecified atom stereocenters. The second-order valence-corrected chi connectivity index (χ2v) is 7.81. The average molecular weight is 472 g/mol. The van der Waals surface area contributed by atoms with E-state index in [4.69, 9.17) is 9.85 Å². The third kappa shape index (κ3) is 4.32. The van der Waals surface area contributed by atoms with E-state index in [-0.39, 0.29) is 28.6 Å². The number of benzene rings is 2. The number of hydrogen-bond acceptors (Lipinski definition) is 5. The maximum Gasteiger partial charge on any atom is 0.416 e. The largest absolute Gasteiger partial charge is 0.416 e. The molecule has 0 fully saturated rings. The zero-order valence-electron chi connectivity index (χ0n) is 21.1. The van der Waals surface area contributed by atoms with Crippen molar-refractivity contribution in [2.45, 2.75) is 33.0 Å². The Morgan fingerprint density at radius 2 is 1.97 bits per heavy atom. The Morgan fingerprint density at radius 3 is 2.65 bits per heavy atom. The van der Waals surface area contributed by atoms with Gasteiger partial charge in [-0.25, -0.2) is 9.97 Å². The molecule has 10 heteroatoms. The molecule has 0 spiro atoms. The molecule has 0 radical (unpaired) electrons. The summed E-state index contributed by atoms with van der Waals surface area (Å²) in [6.45, 7) is 0.851. The van der Waals surface area contributed by atoms with Crippen molar-refractivity contribution in [1.29, 1.82) is 0 Å². The van der Waals surface area contributed by atoms with E-state index < -0.39 is 30.6 Å². The van der Waals surface area contributed by atoms with Crippen molar-refractivity contribution in [1.82, 2.24) is 14.4 Å². The predicted octanol–water partition coefficient (Wildman–Crippen LogP) is 4.59. The van der Waals surface area contributed by atoms with Gasteiger partial charge < -0.3 is 16.2 Å². The van der Waals surface area contributed by atoms with Crippen molar-refractivity contribution in [2.24, 2.45) is 0 Å². The summed E-state index contributed by atoms with van der Waals surface area (Å²) in [6.07, 6.45) is -4.92.